The number of esters is 1. The van der Waals surface area contributed by atoms with Crippen molar-refractivity contribution in [3.63, 3.8) is 0 Å². The molecule has 0 spiro atoms. The molecule has 1 aromatic heterocycles. The minimum absolute atomic E-state index is 0.0770. The first kappa shape index (κ1) is 17.5. The molecule has 0 atom stereocenters. The number of nitrogens with zero attached hydrogens (tertiary/aromatic N) is 1. The first-order valence-electron chi connectivity index (χ1n) is 6.31. The number of benzene rings is 1. The number of para-hydroxylation sites is 1. The number of fused-ring (bicyclic) bond motifs is 1. The molecule has 0 aliphatic carbocycles. The predicted octanol–water partition coefficient (Wildman–Crippen LogP) is 2.61. The van der Waals surface area contributed by atoms with Gasteiger partial charge >= 0.3 is 12.1 Å². The van der Waals surface area contributed by atoms with Crippen LogP contribution in [0.2, 0.25) is 0 Å². The topological polar surface area (TPSA) is 68.3 Å². The zero-order valence-electron chi connectivity index (χ0n) is 11.6. The maximum atomic E-state index is 11.9. The molecule has 0 unspecified atom stereocenters. The fourth-order valence-corrected chi connectivity index (χ4v) is 3.34. The van der Waals surface area contributed by atoms with Crippen LogP contribution in [0.4, 0.5) is 13.2 Å². The summed E-state index contributed by atoms with van der Waals surface area (Å²) in [4.78, 5) is 26.9. The van der Waals surface area contributed by atoms with Crippen LogP contribution >= 0.6 is 23.1 Å². The summed E-state index contributed by atoms with van der Waals surface area (Å²) in [6.45, 7) is -2.20. The van der Waals surface area contributed by atoms with Crippen LogP contribution in [0.15, 0.2) is 28.6 Å². The quantitative estimate of drug-likeness (QED) is 0.630. The van der Waals surface area contributed by atoms with Gasteiger partial charge in [-0.3, -0.25) is 9.59 Å². The Morgan fingerprint density at radius 2 is 2.04 bits per heavy atom. The van der Waals surface area contributed by atoms with Gasteiger partial charge in [0, 0.05) is 0 Å². The van der Waals surface area contributed by atoms with Crippen molar-refractivity contribution in [1.29, 1.82) is 0 Å². The van der Waals surface area contributed by atoms with Crippen molar-refractivity contribution in [3.05, 3.63) is 24.3 Å². The van der Waals surface area contributed by atoms with Crippen molar-refractivity contribution in [2.45, 2.75) is 10.5 Å². The normalized spacial score (nSPS) is 11.4. The average molecular weight is 364 g/mol. The number of thioether (sulfide) groups is 1. The molecule has 0 radical (unpaired) electrons. The lowest BCUT2D eigenvalue weighted by Gasteiger charge is -2.08. The number of carbonyl (C=O) groups excluding carboxylic acids is 2. The maximum Gasteiger partial charge on any atom is 0.405 e. The summed E-state index contributed by atoms with van der Waals surface area (Å²) >= 11 is 2.56. The number of alkyl halides is 3. The predicted molar refractivity (Wildman–Crippen MR) is 80.4 cm³/mol. The molecule has 1 amide bonds. The number of carbonyl (C=O) groups is 2. The first-order chi connectivity index (χ1) is 10.8. The molecule has 5 nitrogen and oxygen atoms in total. The summed E-state index contributed by atoms with van der Waals surface area (Å²) in [5, 5.41) is 1.61. The van der Waals surface area contributed by atoms with Gasteiger partial charge in [-0.2, -0.15) is 13.2 Å². The highest BCUT2D eigenvalue weighted by molar-refractivity contribution is 8.01. The van der Waals surface area contributed by atoms with Crippen LogP contribution in [0.1, 0.15) is 0 Å². The molecule has 0 aliphatic heterocycles. The molecule has 0 bridgehead atoms. The minimum Gasteiger partial charge on any atom is -0.455 e. The Balaban J connectivity index is 1.71. The lowest BCUT2D eigenvalue weighted by atomic mass is 10.3. The number of hydrogen-bond acceptors (Lipinski definition) is 6. The molecule has 2 aromatic rings. The Bertz CT molecular complexity index is 670. The molecule has 23 heavy (non-hydrogen) atoms. The number of ether oxygens (including phenoxy) is 1. The second-order valence-electron chi connectivity index (χ2n) is 4.29. The SMILES string of the molecule is O=C(COC(=O)CSc1nc2ccccc2s1)NCC(F)(F)F. The molecule has 1 N–H and O–H groups in total. The van der Waals surface area contributed by atoms with Crippen LogP contribution in [-0.4, -0.2) is 41.9 Å². The van der Waals surface area contributed by atoms with Crippen LogP contribution in [0.25, 0.3) is 10.2 Å². The molecular formula is C13H11F3N2O3S2. The van der Waals surface area contributed by atoms with E-state index in [-0.39, 0.29) is 5.75 Å². The Hall–Kier alpha value is -1.81. The van der Waals surface area contributed by atoms with E-state index in [2.05, 4.69) is 9.72 Å². The third kappa shape index (κ3) is 6.06. The summed E-state index contributed by atoms with van der Waals surface area (Å²) < 4.78 is 41.9. The lowest BCUT2D eigenvalue weighted by molar-refractivity contribution is -0.149. The van der Waals surface area contributed by atoms with Gasteiger partial charge in [-0.15, -0.1) is 11.3 Å². The van der Waals surface area contributed by atoms with Crippen molar-refractivity contribution in [1.82, 2.24) is 10.3 Å². The van der Waals surface area contributed by atoms with Gasteiger partial charge in [0.1, 0.15) is 6.54 Å². The third-order valence-corrected chi connectivity index (χ3v) is 4.59. The van der Waals surface area contributed by atoms with E-state index in [1.165, 1.54) is 11.3 Å². The smallest absolute Gasteiger partial charge is 0.405 e. The highest BCUT2D eigenvalue weighted by Gasteiger charge is 2.27. The molecule has 0 saturated heterocycles. The average Bonchev–Trinajstić information content (AvgIpc) is 2.91. The van der Waals surface area contributed by atoms with Crippen molar-refractivity contribution >= 4 is 45.2 Å². The van der Waals surface area contributed by atoms with E-state index in [0.717, 1.165) is 22.0 Å². The summed E-state index contributed by atoms with van der Waals surface area (Å²) in [6, 6.07) is 7.48. The van der Waals surface area contributed by atoms with Gasteiger partial charge in [-0.1, -0.05) is 23.9 Å². The number of thiazole rings is 1. The molecule has 1 heterocycles. The summed E-state index contributed by atoms with van der Waals surface area (Å²) in [7, 11) is 0. The van der Waals surface area contributed by atoms with Crippen LogP contribution in [0, 0.1) is 0 Å². The van der Waals surface area contributed by atoms with E-state index in [1.807, 2.05) is 24.3 Å². The Kier molecular flexibility index (Phi) is 5.83. The van der Waals surface area contributed by atoms with Crippen molar-refractivity contribution in [3.8, 4) is 0 Å². The van der Waals surface area contributed by atoms with Crippen molar-refractivity contribution in [2.75, 3.05) is 18.9 Å². The Labute approximate surface area is 137 Å². The second kappa shape index (κ2) is 7.64. The number of halogens is 3. The first-order valence-corrected chi connectivity index (χ1v) is 8.11. The summed E-state index contributed by atoms with van der Waals surface area (Å²) in [6.07, 6.45) is -4.50. The molecule has 124 valence electrons. The van der Waals surface area contributed by atoms with Crippen molar-refractivity contribution in [2.24, 2.45) is 0 Å². The molecular weight excluding hydrogens is 353 g/mol. The molecule has 10 heteroatoms. The van der Waals surface area contributed by atoms with Gasteiger partial charge in [0.05, 0.1) is 16.0 Å². The van der Waals surface area contributed by atoms with Gasteiger partial charge < -0.3 is 10.1 Å². The highest BCUT2D eigenvalue weighted by atomic mass is 32.2. The Morgan fingerprint density at radius 3 is 2.74 bits per heavy atom. The zero-order valence-corrected chi connectivity index (χ0v) is 13.2. The van der Waals surface area contributed by atoms with Crippen LogP contribution in [0.3, 0.4) is 0 Å². The standard InChI is InChI=1S/C13H11F3N2O3S2/c14-13(15,16)7-17-10(19)5-21-11(20)6-22-12-18-8-3-1-2-4-9(8)23-12/h1-4H,5-7H2,(H,17,19). The Morgan fingerprint density at radius 1 is 1.30 bits per heavy atom. The van der Waals surface area contributed by atoms with Crippen LogP contribution in [-0.2, 0) is 14.3 Å². The highest BCUT2D eigenvalue weighted by Crippen LogP contribution is 2.29. The van der Waals surface area contributed by atoms with Crippen LogP contribution in [0.5, 0.6) is 0 Å². The van der Waals surface area contributed by atoms with E-state index < -0.39 is 31.2 Å². The number of nitrogens with one attached hydrogen (secondary N) is 1. The molecule has 0 saturated carbocycles. The fourth-order valence-electron chi connectivity index (χ4n) is 1.47. The monoisotopic (exact) mass is 364 g/mol. The number of aromatic nitrogens is 1. The summed E-state index contributed by atoms with van der Waals surface area (Å²) in [5.41, 5.74) is 0.819. The van der Waals surface area contributed by atoms with Gasteiger partial charge in [0.15, 0.2) is 10.9 Å². The van der Waals surface area contributed by atoms with E-state index in [9.17, 15) is 22.8 Å². The number of rotatable bonds is 6. The maximum absolute atomic E-state index is 11.9. The fraction of sp³-hybridized carbons (Fsp3) is 0.308. The summed E-state index contributed by atoms with van der Waals surface area (Å²) in [5.74, 6) is -1.77. The number of amides is 1. The molecule has 2 rings (SSSR count). The van der Waals surface area contributed by atoms with Gasteiger partial charge in [-0.25, -0.2) is 4.98 Å². The van der Waals surface area contributed by atoms with Gasteiger partial charge in [0.2, 0.25) is 0 Å². The van der Waals surface area contributed by atoms with E-state index in [0.29, 0.717) is 4.34 Å². The third-order valence-electron chi connectivity index (χ3n) is 2.44. The minimum atomic E-state index is -4.50. The molecule has 0 aliphatic rings. The lowest BCUT2D eigenvalue weighted by Crippen LogP contribution is -2.36. The van der Waals surface area contributed by atoms with Crippen LogP contribution < -0.4 is 5.32 Å². The van der Waals surface area contributed by atoms with E-state index in [4.69, 9.17) is 0 Å². The second-order valence-corrected chi connectivity index (χ2v) is 6.54. The van der Waals surface area contributed by atoms with E-state index in [1.54, 1.807) is 5.32 Å². The zero-order chi connectivity index (χ0) is 16.9. The largest absolute Gasteiger partial charge is 0.455 e. The van der Waals surface area contributed by atoms with Gasteiger partial charge in [-0.05, 0) is 12.1 Å². The van der Waals surface area contributed by atoms with Gasteiger partial charge in [0.25, 0.3) is 5.91 Å². The molecule has 1 aromatic carbocycles. The van der Waals surface area contributed by atoms with E-state index >= 15 is 0 Å². The number of hydrogen-bond donors (Lipinski definition) is 1. The van der Waals surface area contributed by atoms with Crippen molar-refractivity contribution < 1.29 is 27.5 Å². The molecule has 0 fully saturated rings.